The summed E-state index contributed by atoms with van der Waals surface area (Å²) in [6.07, 6.45) is 3.68. The highest BCUT2D eigenvalue weighted by atomic mass is 16.4. The summed E-state index contributed by atoms with van der Waals surface area (Å²) in [5.41, 5.74) is 0.278. The average Bonchev–Trinajstić information content (AvgIpc) is 2.13. The van der Waals surface area contributed by atoms with Crippen molar-refractivity contribution in [1.82, 2.24) is 0 Å². The fraction of sp³-hybridized carbons (Fsp3) is 0.846. The van der Waals surface area contributed by atoms with Crippen molar-refractivity contribution in [1.29, 1.82) is 0 Å². The first kappa shape index (κ1) is 15.9. The van der Waals surface area contributed by atoms with Crippen LogP contribution >= 0.6 is 0 Å². The molecule has 0 saturated carbocycles. The molecule has 17 heavy (non-hydrogen) atoms. The van der Waals surface area contributed by atoms with Crippen LogP contribution in [0.15, 0.2) is 0 Å². The molecule has 0 aliphatic carbocycles. The number of carboxylic acid groups (broad SMARTS) is 2. The van der Waals surface area contributed by atoms with Crippen LogP contribution in [0.3, 0.4) is 0 Å². The first-order chi connectivity index (χ1) is 7.72. The van der Waals surface area contributed by atoms with E-state index in [1.165, 1.54) is 0 Å². The highest BCUT2D eigenvalue weighted by molar-refractivity contribution is 5.72. The summed E-state index contributed by atoms with van der Waals surface area (Å²) in [6, 6.07) is 0. The highest BCUT2D eigenvalue weighted by Crippen LogP contribution is 2.24. The summed E-state index contributed by atoms with van der Waals surface area (Å²) in [4.78, 5) is 21.3. The number of carbonyl (C=O) groups is 2. The van der Waals surface area contributed by atoms with Crippen molar-refractivity contribution in [3.63, 3.8) is 0 Å². The van der Waals surface area contributed by atoms with Crippen LogP contribution < -0.4 is 0 Å². The third kappa shape index (κ3) is 9.85. The third-order valence-electron chi connectivity index (χ3n) is 2.79. The Kier molecular flexibility index (Phi) is 6.85. The van der Waals surface area contributed by atoms with Crippen molar-refractivity contribution in [2.45, 2.75) is 59.3 Å². The van der Waals surface area contributed by atoms with Gasteiger partial charge in [0, 0.05) is 6.42 Å². The van der Waals surface area contributed by atoms with Crippen LogP contribution in [0.5, 0.6) is 0 Å². The Morgan fingerprint density at radius 3 is 2.06 bits per heavy atom. The van der Waals surface area contributed by atoms with Crippen LogP contribution in [0.1, 0.15) is 59.3 Å². The van der Waals surface area contributed by atoms with Crippen molar-refractivity contribution in [2.24, 2.45) is 11.3 Å². The van der Waals surface area contributed by atoms with Gasteiger partial charge < -0.3 is 10.2 Å². The third-order valence-corrected chi connectivity index (χ3v) is 2.79. The molecule has 0 spiro atoms. The Bertz CT molecular complexity index is 253. The van der Waals surface area contributed by atoms with Gasteiger partial charge in [0.1, 0.15) is 0 Å². The van der Waals surface area contributed by atoms with E-state index >= 15 is 0 Å². The number of unbranched alkanes of at least 4 members (excludes halogenated alkanes) is 1. The maximum atomic E-state index is 10.9. The Hall–Kier alpha value is -1.06. The number of rotatable bonds is 8. The number of carboxylic acids is 2. The van der Waals surface area contributed by atoms with Gasteiger partial charge in [-0.3, -0.25) is 9.59 Å². The lowest BCUT2D eigenvalue weighted by Crippen LogP contribution is -2.15. The van der Waals surface area contributed by atoms with E-state index in [9.17, 15) is 9.59 Å². The van der Waals surface area contributed by atoms with Gasteiger partial charge >= 0.3 is 11.9 Å². The van der Waals surface area contributed by atoms with Gasteiger partial charge in [-0.05, 0) is 24.7 Å². The zero-order chi connectivity index (χ0) is 13.5. The lowest BCUT2D eigenvalue weighted by atomic mass is 9.88. The summed E-state index contributed by atoms with van der Waals surface area (Å²) in [5, 5.41) is 17.5. The molecule has 1 unspecified atom stereocenters. The predicted molar refractivity (Wildman–Crippen MR) is 65.9 cm³/mol. The molecule has 0 aromatic carbocycles. The van der Waals surface area contributed by atoms with Crippen molar-refractivity contribution in [3.8, 4) is 0 Å². The van der Waals surface area contributed by atoms with Gasteiger partial charge in [0.2, 0.25) is 0 Å². The van der Waals surface area contributed by atoms with Crippen LogP contribution in [-0.2, 0) is 9.59 Å². The second kappa shape index (κ2) is 7.30. The van der Waals surface area contributed by atoms with E-state index in [0.29, 0.717) is 6.42 Å². The number of aliphatic carboxylic acids is 2. The van der Waals surface area contributed by atoms with Crippen LogP contribution in [-0.4, -0.2) is 22.2 Å². The second-order valence-electron chi connectivity index (χ2n) is 5.77. The normalized spacial score (nSPS) is 13.4. The van der Waals surface area contributed by atoms with Crippen LogP contribution in [0, 0.1) is 11.3 Å². The standard InChI is InChI=1S/C13H24O4/c1-13(2,3)9-5-4-6-10(12(16)17)7-8-11(14)15/h10H,4-9H2,1-3H3,(H,14,15)(H,16,17). The Morgan fingerprint density at radius 1 is 1.06 bits per heavy atom. The predicted octanol–water partition coefficient (Wildman–Crippen LogP) is 3.16. The lowest BCUT2D eigenvalue weighted by Gasteiger charge is -2.18. The zero-order valence-corrected chi connectivity index (χ0v) is 11.0. The Morgan fingerprint density at radius 2 is 1.65 bits per heavy atom. The molecule has 0 saturated heterocycles. The first-order valence-corrected chi connectivity index (χ1v) is 6.17. The number of hydrogen-bond acceptors (Lipinski definition) is 2. The summed E-state index contributed by atoms with van der Waals surface area (Å²) in [7, 11) is 0. The molecule has 0 amide bonds. The Labute approximate surface area is 103 Å². The molecule has 4 nitrogen and oxygen atoms in total. The molecule has 0 aliphatic rings. The summed E-state index contributed by atoms with van der Waals surface area (Å²) in [5.74, 6) is -2.31. The molecule has 0 rings (SSSR count). The van der Waals surface area contributed by atoms with Gasteiger partial charge in [0.05, 0.1) is 5.92 Å². The van der Waals surface area contributed by atoms with E-state index in [4.69, 9.17) is 10.2 Å². The molecular formula is C13H24O4. The smallest absolute Gasteiger partial charge is 0.306 e. The quantitative estimate of drug-likeness (QED) is 0.643. The molecule has 0 fully saturated rings. The molecule has 0 radical (unpaired) electrons. The zero-order valence-electron chi connectivity index (χ0n) is 11.0. The molecule has 0 aliphatic heterocycles. The van der Waals surface area contributed by atoms with Crippen molar-refractivity contribution < 1.29 is 19.8 Å². The first-order valence-electron chi connectivity index (χ1n) is 6.17. The molecule has 1 atom stereocenters. The molecule has 0 aromatic rings. The molecule has 0 bridgehead atoms. The molecular weight excluding hydrogens is 220 g/mol. The minimum atomic E-state index is -0.925. The van der Waals surface area contributed by atoms with Crippen LogP contribution in [0.2, 0.25) is 0 Å². The van der Waals surface area contributed by atoms with Crippen molar-refractivity contribution >= 4 is 11.9 Å². The Balaban J connectivity index is 3.86. The van der Waals surface area contributed by atoms with E-state index in [1.807, 2.05) is 0 Å². The maximum Gasteiger partial charge on any atom is 0.306 e. The summed E-state index contributed by atoms with van der Waals surface area (Å²) < 4.78 is 0. The van der Waals surface area contributed by atoms with Gasteiger partial charge in [-0.15, -0.1) is 0 Å². The fourth-order valence-corrected chi connectivity index (χ4v) is 1.74. The molecule has 2 N–H and O–H groups in total. The van der Waals surface area contributed by atoms with Gasteiger partial charge in [0.15, 0.2) is 0 Å². The van der Waals surface area contributed by atoms with Crippen molar-refractivity contribution in [3.05, 3.63) is 0 Å². The van der Waals surface area contributed by atoms with Gasteiger partial charge in [-0.25, -0.2) is 0 Å². The highest BCUT2D eigenvalue weighted by Gasteiger charge is 2.18. The monoisotopic (exact) mass is 244 g/mol. The minimum absolute atomic E-state index is 0.0593. The van der Waals surface area contributed by atoms with E-state index in [0.717, 1.165) is 19.3 Å². The maximum absolute atomic E-state index is 10.9. The largest absolute Gasteiger partial charge is 0.481 e. The topological polar surface area (TPSA) is 74.6 Å². The summed E-state index contributed by atoms with van der Waals surface area (Å²) in [6.45, 7) is 6.48. The van der Waals surface area contributed by atoms with E-state index in [2.05, 4.69) is 20.8 Å². The lowest BCUT2D eigenvalue weighted by molar-refractivity contribution is -0.143. The minimum Gasteiger partial charge on any atom is -0.481 e. The SMILES string of the molecule is CC(C)(C)CCCCC(CCC(=O)O)C(=O)O. The van der Waals surface area contributed by atoms with E-state index < -0.39 is 17.9 Å². The van der Waals surface area contributed by atoms with Crippen LogP contribution in [0.25, 0.3) is 0 Å². The van der Waals surface area contributed by atoms with E-state index in [-0.39, 0.29) is 18.3 Å². The van der Waals surface area contributed by atoms with E-state index in [1.54, 1.807) is 0 Å². The molecule has 4 heteroatoms. The van der Waals surface area contributed by atoms with Gasteiger partial charge in [0.25, 0.3) is 0 Å². The summed E-state index contributed by atoms with van der Waals surface area (Å²) >= 11 is 0. The van der Waals surface area contributed by atoms with Gasteiger partial charge in [-0.1, -0.05) is 33.6 Å². The second-order valence-corrected chi connectivity index (χ2v) is 5.77. The average molecular weight is 244 g/mol. The molecule has 0 heterocycles. The van der Waals surface area contributed by atoms with Gasteiger partial charge in [-0.2, -0.15) is 0 Å². The molecule has 100 valence electrons. The van der Waals surface area contributed by atoms with Crippen molar-refractivity contribution in [2.75, 3.05) is 0 Å². The van der Waals surface area contributed by atoms with Crippen LogP contribution in [0.4, 0.5) is 0 Å². The molecule has 0 aromatic heterocycles. The number of hydrogen-bond donors (Lipinski definition) is 2. The fourth-order valence-electron chi connectivity index (χ4n) is 1.74.